The molecule has 1 unspecified atom stereocenters. The van der Waals surface area contributed by atoms with E-state index in [2.05, 4.69) is 38.2 Å². The van der Waals surface area contributed by atoms with Gasteiger partial charge in [-0.25, -0.2) is 4.79 Å². The number of aliphatic hydroxyl groups is 1. The number of cyclic esters (lactones) is 1. The average Bonchev–Trinajstić information content (AvgIpc) is 3.42. The van der Waals surface area contributed by atoms with E-state index >= 15 is 0 Å². The van der Waals surface area contributed by atoms with Crippen molar-refractivity contribution in [1.29, 1.82) is 0 Å². The van der Waals surface area contributed by atoms with E-state index in [0.717, 1.165) is 10.0 Å². The van der Waals surface area contributed by atoms with Crippen molar-refractivity contribution in [2.45, 2.75) is 147 Å². The molecule has 4 rings (SSSR count). The van der Waals surface area contributed by atoms with Gasteiger partial charge in [-0.2, -0.15) is 0 Å². The van der Waals surface area contributed by atoms with Gasteiger partial charge < -0.3 is 39.0 Å². The van der Waals surface area contributed by atoms with Crippen molar-refractivity contribution in [3.8, 4) is 0 Å². The summed E-state index contributed by atoms with van der Waals surface area (Å²) in [4.78, 5) is 49.0. The fourth-order valence-electron chi connectivity index (χ4n) is 9.09. The van der Waals surface area contributed by atoms with Gasteiger partial charge in [0.05, 0.1) is 23.9 Å². The average molecular weight is 866 g/mol. The number of ketones is 1. The van der Waals surface area contributed by atoms with Gasteiger partial charge in [-0.1, -0.05) is 53.9 Å². The number of nitrogens with zero attached hydrogens (tertiary/aromatic N) is 5. The first-order valence-corrected chi connectivity index (χ1v) is 21.1. The van der Waals surface area contributed by atoms with Crippen molar-refractivity contribution in [1.82, 2.24) is 15.1 Å². The van der Waals surface area contributed by atoms with Gasteiger partial charge in [0.15, 0.2) is 17.7 Å². The molecule has 0 saturated carbocycles. The summed E-state index contributed by atoms with van der Waals surface area (Å²) in [7, 11) is 5.38. The van der Waals surface area contributed by atoms with Gasteiger partial charge in [-0.05, 0) is 116 Å². The second kappa shape index (κ2) is 20.4. The van der Waals surface area contributed by atoms with Gasteiger partial charge in [0.2, 0.25) is 0 Å². The van der Waals surface area contributed by atoms with Crippen LogP contribution in [0.5, 0.6) is 0 Å². The highest BCUT2D eigenvalue weighted by Gasteiger charge is 2.59. The maximum atomic E-state index is 14.4. The molecule has 0 bridgehead atoms. The fraction of sp³-hybridized carbons (Fsp3) is 0.780. The Morgan fingerprint density at radius 2 is 1.88 bits per heavy atom. The van der Waals surface area contributed by atoms with Gasteiger partial charge in [0.1, 0.15) is 18.1 Å². The number of azide groups is 1. The number of amides is 1. The number of unbranched alkanes of at least 4 members (excludes halogenated alkanes) is 1. The molecule has 1 aromatic carbocycles. The van der Waals surface area contributed by atoms with Crippen LogP contribution in [-0.4, -0.2) is 134 Å². The van der Waals surface area contributed by atoms with E-state index in [0.29, 0.717) is 58.2 Å². The first kappa shape index (κ1) is 46.9. The molecule has 0 radical (unpaired) electrons. The molecule has 3 aliphatic heterocycles. The van der Waals surface area contributed by atoms with Crippen LogP contribution in [0.25, 0.3) is 10.4 Å². The smallest absolute Gasteiger partial charge is 0.410 e. The molecule has 15 nitrogen and oxygen atoms in total. The number of ether oxygens (including phenoxy) is 5. The van der Waals surface area contributed by atoms with E-state index in [1.54, 1.807) is 18.9 Å². The molecule has 0 spiro atoms. The van der Waals surface area contributed by atoms with E-state index in [9.17, 15) is 19.5 Å². The van der Waals surface area contributed by atoms with Gasteiger partial charge in [-0.15, -0.1) is 0 Å². The lowest BCUT2D eigenvalue weighted by atomic mass is 9.78. The third-order valence-corrected chi connectivity index (χ3v) is 12.7. The zero-order chi connectivity index (χ0) is 42.2. The minimum absolute atomic E-state index is 0.0667. The van der Waals surface area contributed by atoms with Crippen LogP contribution in [0.15, 0.2) is 33.9 Å². The van der Waals surface area contributed by atoms with Crippen molar-refractivity contribution in [3.63, 3.8) is 0 Å². The zero-order valence-corrected chi connectivity index (χ0v) is 36.9. The molecule has 1 amide bonds. The SMILES string of the molecule is CC[C@H]1OC(=O)[C@H](C)C(=O)[C@H](C)[C@@H](O[C@@H]2O[C@H](C)CC(N(C)C)[C@H]2O)[C@](C)(OC)C[C@@H](C)CN[C@H](Cc2cccc(Br)c2)[C@H]2N(CCCCN=[N+]=[N-])C(=O)O[C@]12C. The molecule has 3 fully saturated rings. The van der Waals surface area contributed by atoms with Crippen LogP contribution < -0.4 is 5.32 Å². The van der Waals surface area contributed by atoms with Gasteiger partial charge in [0.25, 0.3) is 0 Å². The Labute approximate surface area is 346 Å². The van der Waals surface area contributed by atoms with Gasteiger partial charge in [0, 0.05) is 47.6 Å². The number of fused-ring (bicyclic) bond motifs is 1. The minimum Gasteiger partial charge on any atom is -0.458 e. The summed E-state index contributed by atoms with van der Waals surface area (Å²) in [6, 6.07) is 6.75. The Morgan fingerprint density at radius 3 is 2.51 bits per heavy atom. The molecule has 1 aromatic rings. The molecular weight excluding hydrogens is 800 g/mol. The maximum absolute atomic E-state index is 14.4. The molecular formula is C41H65BrN6O9. The van der Waals surface area contributed by atoms with Crippen molar-refractivity contribution >= 4 is 33.8 Å². The van der Waals surface area contributed by atoms with E-state index in [-0.39, 0.29) is 24.1 Å². The number of hydrogen-bond donors (Lipinski definition) is 2. The number of nitrogens with one attached hydrogen (secondary N) is 1. The van der Waals surface area contributed by atoms with Crippen molar-refractivity contribution < 1.29 is 43.2 Å². The summed E-state index contributed by atoms with van der Waals surface area (Å²) < 4.78 is 32.6. The highest BCUT2D eigenvalue weighted by molar-refractivity contribution is 9.10. The molecule has 320 valence electrons. The second-order valence-corrected chi connectivity index (χ2v) is 17.8. The number of rotatable bonds is 12. The number of carbonyl (C=O) groups is 3. The van der Waals surface area contributed by atoms with Gasteiger partial charge in [-0.3, -0.25) is 14.5 Å². The van der Waals surface area contributed by atoms with Gasteiger partial charge >= 0.3 is 12.1 Å². The van der Waals surface area contributed by atoms with Crippen LogP contribution in [0, 0.1) is 17.8 Å². The maximum Gasteiger partial charge on any atom is 0.410 e. The van der Waals surface area contributed by atoms with Crippen LogP contribution in [0.2, 0.25) is 0 Å². The Morgan fingerprint density at radius 1 is 1.16 bits per heavy atom. The number of methoxy groups -OCH3 is 1. The first-order chi connectivity index (χ1) is 26.9. The number of Topliss-reactive ketones (excluding diaryl/α,β-unsaturated/α-hetero) is 1. The summed E-state index contributed by atoms with van der Waals surface area (Å²) in [5.41, 5.74) is 7.43. The monoisotopic (exact) mass is 864 g/mol. The number of esters is 1. The highest BCUT2D eigenvalue weighted by Crippen LogP contribution is 2.41. The van der Waals surface area contributed by atoms with E-state index in [1.807, 2.05) is 71.0 Å². The number of hydrogen-bond acceptors (Lipinski definition) is 12. The number of benzene rings is 1. The Balaban J connectivity index is 1.81. The van der Waals surface area contributed by atoms with Crippen molar-refractivity contribution in [2.24, 2.45) is 22.9 Å². The number of halogens is 1. The lowest BCUT2D eigenvalue weighted by Gasteiger charge is -2.46. The molecule has 2 N–H and O–H groups in total. The molecule has 3 heterocycles. The fourth-order valence-corrected chi connectivity index (χ4v) is 9.53. The Bertz CT molecular complexity index is 1580. The van der Waals surface area contributed by atoms with Crippen LogP contribution >= 0.6 is 15.9 Å². The van der Waals surface area contributed by atoms with Crippen LogP contribution in [0.4, 0.5) is 4.79 Å². The molecule has 3 aliphatic rings. The molecule has 16 heteroatoms. The minimum atomic E-state index is -1.31. The summed E-state index contributed by atoms with van der Waals surface area (Å²) in [6.07, 6.45) is -1.69. The normalized spacial score (nSPS) is 37.1. The highest BCUT2D eigenvalue weighted by atomic mass is 79.9. The lowest BCUT2D eigenvalue weighted by Crippen LogP contribution is -2.62. The summed E-state index contributed by atoms with van der Waals surface area (Å²) in [5, 5.41) is 19.0. The predicted molar refractivity (Wildman–Crippen MR) is 218 cm³/mol. The quantitative estimate of drug-likeness (QED) is 0.0624. The molecule has 57 heavy (non-hydrogen) atoms. The predicted octanol–water partition coefficient (Wildman–Crippen LogP) is 6.04. The van der Waals surface area contributed by atoms with Crippen LogP contribution in [0.3, 0.4) is 0 Å². The molecule has 13 atom stereocenters. The second-order valence-electron chi connectivity index (χ2n) is 16.9. The molecule has 0 aromatic heterocycles. The van der Waals surface area contributed by atoms with Crippen LogP contribution in [0.1, 0.15) is 86.1 Å². The Hall–Kier alpha value is -2.82. The van der Waals surface area contributed by atoms with Crippen molar-refractivity contribution in [3.05, 3.63) is 44.7 Å². The lowest BCUT2D eigenvalue weighted by molar-refractivity contribution is -0.295. The van der Waals surface area contributed by atoms with E-state index < -0.39 is 71.5 Å². The van der Waals surface area contributed by atoms with Crippen LogP contribution in [-0.2, 0) is 39.7 Å². The molecule has 0 aliphatic carbocycles. The largest absolute Gasteiger partial charge is 0.458 e. The third kappa shape index (κ3) is 11.1. The number of likely N-dealkylation sites (N-methyl/N-ethyl adjacent to an activating group) is 1. The third-order valence-electron chi connectivity index (χ3n) is 12.2. The summed E-state index contributed by atoms with van der Waals surface area (Å²) >= 11 is 3.61. The van der Waals surface area contributed by atoms with E-state index in [4.69, 9.17) is 29.2 Å². The summed E-state index contributed by atoms with van der Waals surface area (Å²) in [5.74, 6) is -3.31. The number of carbonyl (C=O) groups excluding carboxylic acids is 3. The topological polar surface area (TPSA) is 185 Å². The Kier molecular flexibility index (Phi) is 16.8. The zero-order valence-electron chi connectivity index (χ0n) is 35.4. The number of aliphatic hydroxyl groups excluding tert-OH is 1. The van der Waals surface area contributed by atoms with Crippen molar-refractivity contribution in [2.75, 3.05) is 40.8 Å². The van der Waals surface area contributed by atoms with E-state index in [1.165, 1.54) is 6.92 Å². The molecule has 3 saturated heterocycles. The first-order valence-electron chi connectivity index (χ1n) is 20.3. The summed E-state index contributed by atoms with van der Waals surface area (Å²) in [6.45, 7) is 13.9. The standard InChI is InChI=1S/C41H65BrN6O9/c1-11-32-41(7)35(48(39(52)57-41)18-13-12-17-45-46-43)30(21-28-15-14-16-29(42)20-28)44-23-24(2)22-40(6,53-10)36(26(4)33(49)27(5)37(51)55-32)56-38-34(50)31(47(8)9)19-25(3)54-38/h14-16,20,24-27,30-32,34-36,38,44,50H,11-13,17-19,21-23H2,1-10H3/t24-,25-,26+,27-,30-,31?,32-,34-,35-,36-,38+,40-,41-/m1/s1.